The number of hydrogen-bond acceptors (Lipinski definition) is 7. The van der Waals surface area contributed by atoms with Crippen molar-refractivity contribution in [2.24, 2.45) is 16.1 Å². The summed E-state index contributed by atoms with van der Waals surface area (Å²) in [5.74, 6) is 5.13. The Morgan fingerprint density at radius 1 is 1.38 bits per heavy atom. The Hall–Kier alpha value is -1.92. The maximum atomic E-state index is 8.63. The molecular weight excluding hydrogens is 174 g/mol. The van der Waals surface area contributed by atoms with E-state index < -0.39 is 0 Å². The lowest BCUT2D eigenvalue weighted by Gasteiger charge is -2.09. The molecule has 13 heavy (non-hydrogen) atoms. The van der Waals surface area contributed by atoms with Gasteiger partial charge in [0.1, 0.15) is 17.1 Å². The van der Waals surface area contributed by atoms with E-state index in [0.29, 0.717) is 35.7 Å². The number of hydrogen-bond donors (Lipinski definition) is 2. The Morgan fingerprint density at radius 2 is 2.23 bits per heavy atom. The van der Waals surface area contributed by atoms with E-state index in [4.69, 9.17) is 11.0 Å². The van der Waals surface area contributed by atoms with E-state index in [1.165, 1.54) is 0 Å². The number of nitrogens with zero attached hydrogens (tertiary/aromatic N) is 4. The van der Waals surface area contributed by atoms with E-state index in [1.54, 1.807) is 0 Å². The SMILES string of the molecule is NN=C1C(=NO)CCc2nonc21. The van der Waals surface area contributed by atoms with Gasteiger partial charge in [0.25, 0.3) is 0 Å². The number of fused-ring (bicyclic) bond motifs is 1. The molecule has 0 spiro atoms. The van der Waals surface area contributed by atoms with E-state index in [2.05, 4.69) is 25.2 Å². The molecule has 2 rings (SSSR count). The first-order valence-electron chi connectivity index (χ1n) is 3.67. The average Bonchev–Trinajstić information content (AvgIpc) is 2.63. The second kappa shape index (κ2) is 2.85. The van der Waals surface area contributed by atoms with Gasteiger partial charge in [0.05, 0.1) is 0 Å². The quantitative estimate of drug-likeness (QED) is 0.318. The number of oxime groups is 1. The van der Waals surface area contributed by atoms with Crippen molar-refractivity contribution >= 4 is 11.4 Å². The first kappa shape index (κ1) is 7.71. The van der Waals surface area contributed by atoms with Gasteiger partial charge in [0, 0.05) is 12.8 Å². The van der Waals surface area contributed by atoms with Gasteiger partial charge < -0.3 is 11.0 Å². The van der Waals surface area contributed by atoms with Crippen molar-refractivity contribution in [3.63, 3.8) is 0 Å². The Labute approximate surface area is 72.9 Å². The van der Waals surface area contributed by atoms with Crippen molar-refractivity contribution in [3.8, 4) is 0 Å². The molecule has 1 aliphatic carbocycles. The fourth-order valence-electron chi connectivity index (χ4n) is 1.28. The molecule has 0 saturated carbocycles. The molecule has 3 N–H and O–H groups in total. The van der Waals surface area contributed by atoms with Gasteiger partial charge in [-0.2, -0.15) is 5.10 Å². The smallest absolute Gasteiger partial charge is 0.160 e. The summed E-state index contributed by atoms with van der Waals surface area (Å²) >= 11 is 0. The van der Waals surface area contributed by atoms with Crippen molar-refractivity contribution in [1.29, 1.82) is 0 Å². The Kier molecular flexibility index (Phi) is 1.69. The highest BCUT2D eigenvalue weighted by Crippen LogP contribution is 2.15. The predicted molar refractivity (Wildman–Crippen MR) is 42.6 cm³/mol. The van der Waals surface area contributed by atoms with E-state index in [1.807, 2.05) is 0 Å². The summed E-state index contributed by atoms with van der Waals surface area (Å²) in [5, 5.41) is 22.5. The van der Waals surface area contributed by atoms with Crippen LogP contribution in [-0.4, -0.2) is 26.9 Å². The molecule has 0 unspecified atom stereocenters. The van der Waals surface area contributed by atoms with Crippen molar-refractivity contribution < 1.29 is 9.84 Å². The normalized spacial score (nSPS) is 22.2. The van der Waals surface area contributed by atoms with Crippen molar-refractivity contribution in [3.05, 3.63) is 11.4 Å². The van der Waals surface area contributed by atoms with Gasteiger partial charge >= 0.3 is 0 Å². The topological polar surface area (TPSA) is 110 Å². The highest BCUT2D eigenvalue weighted by atomic mass is 16.6. The van der Waals surface area contributed by atoms with Gasteiger partial charge in [-0.1, -0.05) is 10.3 Å². The monoisotopic (exact) mass is 181 g/mol. The molecular formula is C6H7N5O2. The molecule has 1 aliphatic rings. The largest absolute Gasteiger partial charge is 0.411 e. The number of aromatic nitrogens is 2. The van der Waals surface area contributed by atoms with E-state index in [0.717, 1.165) is 0 Å². The first-order valence-corrected chi connectivity index (χ1v) is 3.67. The molecule has 0 saturated heterocycles. The molecule has 0 amide bonds. The first-order chi connectivity index (χ1) is 6.36. The minimum atomic E-state index is 0.338. The minimum absolute atomic E-state index is 0.338. The van der Waals surface area contributed by atoms with E-state index in [9.17, 15) is 0 Å². The third kappa shape index (κ3) is 1.05. The molecule has 0 radical (unpaired) electrons. The maximum absolute atomic E-state index is 8.63. The zero-order valence-corrected chi connectivity index (χ0v) is 6.64. The molecule has 68 valence electrons. The maximum Gasteiger partial charge on any atom is 0.160 e. The Bertz CT molecular complexity index is 380. The molecule has 0 bridgehead atoms. The lowest BCUT2D eigenvalue weighted by Crippen LogP contribution is -2.25. The van der Waals surface area contributed by atoms with Crippen molar-refractivity contribution in [2.75, 3.05) is 0 Å². The summed E-state index contributed by atoms with van der Waals surface area (Å²) in [6.07, 6.45) is 1.16. The summed E-state index contributed by atoms with van der Waals surface area (Å²) in [5.41, 5.74) is 1.90. The van der Waals surface area contributed by atoms with Gasteiger partial charge in [-0.3, -0.25) is 0 Å². The fraction of sp³-hybridized carbons (Fsp3) is 0.333. The highest BCUT2D eigenvalue weighted by molar-refractivity contribution is 6.48. The second-order valence-corrected chi connectivity index (χ2v) is 2.58. The van der Waals surface area contributed by atoms with Crippen molar-refractivity contribution in [1.82, 2.24) is 10.3 Å². The van der Waals surface area contributed by atoms with Crippen LogP contribution in [0, 0.1) is 0 Å². The average molecular weight is 181 g/mol. The summed E-state index contributed by atoms with van der Waals surface area (Å²) in [4.78, 5) is 0. The van der Waals surface area contributed by atoms with Crippen LogP contribution in [0.3, 0.4) is 0 Å². The summed E-state index contributed by atoms with van der Waals surface area (Å²) in [7, 11) is 0. The van der Waals surface area contributed by atoms with E-state index >= 15 is 0 Å². The van der Waals surface area contributed by atoms with Crippen LogP contribution in [0.5, 0.6) is 0 Å². The lowest BCUT2D eigenvalue weighted by atomic mass is 9.97. The standard InChI is InChI=1S/C6H7N5O2/c7-8-5-3(9-12)1-2-4-6(5)11-13-10-4/h12H,1-2,7H2. The molecule has 1 aromatic heterocycles. The van der Waals surface area contributed by atoms with Gasteiger partial charge in [-0.25, -0.2) is 4.63 Å². The summed E-state index contributed by atoms with van der Waals surface area (Å²) in [6, 6.07) is 0. The summed E-state index contributed by atoms with van der Waals surface area (Å²) in [6.45, 7) is 0. The molecule has 0 atom stereocenters. The summed E-state index contributed by atoms with van der Waals surface area (Å²) < 4.78 is 4.52. The molecule has 7 nitrogen and oxygen atoms in total. The third-order valence-electron chi connectivity index (χ3n) is 1.90. The lowest BCUT2D eigenvalue weighted by molar-refractivity contribution is 0.303. The van der Waals surface area contributed by atoms with Gasteiger partial charge in [-0.05, 0) is 5.16 Å². The molecule has 1 heterocycles. The Balaban J connectivity index is 2.53. The number of aryl methyl sites for hydroxylation is 1. The van der Waals surface area contributed by atoms with Crippen LogP contribution in [0.1, 0.15) is 17.8 Å². The van der Waals surface area contributed by atoms with Crippen LogP contribution in [-0.2, 0) is 6.42 Å². The Morgan fingerprint density at radius 3 is 2.92 bits per heavy atom. The van der Waals surface area contributed by atoms with Crippen molar-refractivity contribution in [2.45, 2.75) is 12.8 Å². The molecule has 1 aromatic rings. The van der Waals surface area contributed by atoms with Gasteiger partial charge in [-0.15, -0.1) is 0 Å². The predicted octanol–water partition coefficient (Wildman–Crippen LogP) is -0.491. The second-order valence-electron chi connectivity index (χ2n) is 2.58. The minimum Gasteiger partial charge on any atom is -0.411 e. The zero-order valence-electron chi connectivity index (χ0n) is 6.64. The van der Waals surface area contributed by atoms with Crippen LogP contribution in [0.4, 0.5) is 0 Å². The molecule has 7 heteroatoms. The number of rotatable bonds is 0. The fourth-order valence-corrected chi connectivity index (χ4v) is 1.28. The van der Waals surface area contributed by atoms with Crippen LogP contribution < -0.4 is 5.84 Å². The van der Waals surface area contributed by atoms with Crippen LogP contribution in [0.25, 0.3) is 0 Å². The zero-order chi connectivity index (χ0) is 9.26. The van der Waals surface area contributed by atoms with Crippen LogP contribution in [0.15, 0.2) is 14.9 Å². The van der Waals surface area contributed by atoms with Gasteiger partial charge in [0.15, 0.2) is 5.69 Å². The third-order valence-corrected chi connectivity index (χ3v) is 1.90. The van der Waals surface area contributed by atoms with E-state index in [-0.39, 0.29) is 0 Å². The van der Waals surface area contributed by atoms with Crippen LogP contribution in [0.2, 0.25) is 0 Å². The number of nitrogens with two attached hydrogens (primary N) is 1. The number of hydrazone groups is 1. The highest BCUT2D eigenvalue weighted by Gasteiger charge is 2.26. The van der Waals surface area contributed by atoms with Gasteiger partial charge in [0.2, 0.25) is 0 Å². The molecule has 0 aromatic carbocycles. The molecule has 0 fully saturated rings. The molecule has 0 aliphatic heterocycles. The van der Waals surface area contributed by atoms with Crippen LogP contribution >= 0.6 is 0 Å².